The minimum Gasteiger partial charge on any atom is -0.369 e. The van der Waals surface area contributed by atoms with Gasteiger partial charge in [0.05, 0.1) is 16.6 Å². The lowest BCUT2D eigenvalue weighted by atomic mass is 9.85. The maximum Gasteiger partial charge on any atom is 0.272 e. The highest BCUT2D eigenvalue weighted by molar-refractivity contribution is 5.66. The molecule has 0 radical (unpaired) electrons. The fourth-order valence-electron chi connectivity index (χ4n) is 3.71. The maximum absolute atomic E-state index is 11.3. The van der Waals surface area contributed by atoms with Gasteiger partial charge in [-0.2, -0.15) is 5.26 Å². The second-order valence-corrected chi connectivity index (χ2v) is 6.61. The molecule has 2 aliphatic rings. The summed E-state index contributed by atoms with van der Waals surface area (Å²) in [5.41, 5.74) is 2.37. The molecule has 0 unspecified atom stereocenters. The Morgan fingerprint density at radius 1 is 1.25 bits per heavy atom. The average Bonchev–Trinajstić information content (AvgIpc) is 2.62. The van der Waals surface area contributed by atoms with Gasteiger partial charge in [0.15, 0.2) is 0 Å². The molecule has 24 heavy (non-hydrogen) atoms. The van der Waals surface area contributed by atoms with E-state index in [9.17, 15) is 15.4 Å². The largest absolute Gasteiger partial charge is 0.369 e. The van der Waals surface area contributed by atoms with Gasteiger partial charge in [-0.3, -0.25) is 10.1 Å². The summed E-state index contributed by atoms with van der Waals surface area (Å²) in [6.07, 6.45) is 1.98. The first-order valence-corrected chi connectivity index (χ1v) is 8.47. The third kappa shape index (κ3) is 3.35. The fraction of sp³-hybridized carbons (Fsp3) is 0.588. The van der Waals surface area contributed by atoms with Crippen molar-refractivity contribution in [3.05, 3.63) is 33.4 Å². The Kier molecular flexibility index (Phi) is 4.97. The summed E-state index contributed by atoms with van der Waals surface area (Å²) in [7, 11) is 2.11. The SMILES string of the molecule is CN1CCC(c2c(C#N)cc([N+](=O)[O-])cc2N2CCNCC2)CC1. The van der Waals surface area contributed by atoms with Crippen molar-refractivity contribution >= 4 is 11.4 Å². The molecular formula is C17H23N5O2. The van der Waals surface area contributed by atoms with E-state index < -0.39 is 4.92 Å². The Labute approximate surface area is 142 Å². The van der Waals surface area contributed by atoms with E-state index >= 15 is 0 Å². The molecule has 2 heterocycles. The van der Waals surface area contributed by atoms with Crippen molar-refractivity contribution in [1.29, 1.82) is 5.26 Å². The molecule has 0 aromatic heterocycles. The molecule has 0 amide bonds. The number of piperidine rings is 1. The number of hydrogen-bond donors (Lipinski definition) is 1. The Balaban J connectivity index is 2.06. The lowest BCUT2D eigenvalue weighted by Crippen LogP contribution is -2.44. The number of nitrogens with zero attached hydrogens (tertiary/aromatic N) is 4. The molecule has 1 aromatic carbocycles. The van der Waals surface area contributed by atoms with Gasteiger partial charge in [0, 0.05) is 44.0 Å². The quantitative estimate of drug-likeness (QED) is 0.671. The minimum absolute atomic E-state index is 0.0109. The van der Waals surface area contributed by atoms with Crippen molar-refractivity contribution in [1.82, 2.24) is 10.2 Å². The maximum atomic E-state index is 11.3. The summed E-state index contributed by atoms with van der Waals surface area (Å²) in [5.74, 6) is 0.293. The summed E-state index contributed by atoms with van der Waals surface area (Å²) in [6.45, 7) is 5.33. The van der Waals surface area contributed by atoms with Crippen LogP contribution >= 0.6 is 0 Å². The Morgan fingerprint density at radius 3 is 2.50 bits per heavy atom. The molecule has 2 aliphatic heterocycles. The second-order valence-electron chi connectivity index (χ2n) is 6.61. The van der Waals surface area contributed by atoms with E-state index in [1.54, 1.807) is 6.07 Å². The number of nitro benzene ring substituents is 1. The number of likely N-dealkylation sites (tertiary alicyclic amines) is 1. The molecule has 0 saturated carbocycles. The van der Waals surface area contributed by atoms with Crippen LogP contribution in [0, 0.1) is 21.4 Å². The topological polar surface area (TPSA) is 85.4 Å². The molecule has 0 spiro atoms. The first-order chi connectivity index (χ1) is 11.6. The standard InChI is InChI=1S/C17H23N5O2/c1-20-6-2-13(3-7-20)17-14(12-18)10-15(22(23)24)11-16(17)21-8-4-19-5-9-21/h10-11,13,19H,2-9H2,1H3. The van der Waals surface area contributed by atoms with Gasteiger partial charge in [0.1, 0.15) is 0 Å². The molecule has 7 nitrogen and oxygen atoms in total. The normalized spacial score (nSPS) is 19.9. The van der Waals surface area contributed by atoms with E-state index in [2.05, 4.69) is 28.2 Å². The Hall–Kier alpha value is -2.17. The van der Waals surface area contributed by atoms with Crippen LogP contribution < -0.4 is 10.2 Å². The average molecular weight is 329 g/mol. The molecule has 0 atom stereocenters. The second kappa shape index (κ2) is 7.16. The third-order valence-corrected chi connectivity index (χ3v) is 5.06. The number of benzene rings is 1. The zero-order valence-electron chi connectivity index (χ0n) is 14.0. The summed E-state index contributed by atoms with van der Waals surface area (Å²) < 4.78 is 0. The van der Waals surface area contributed by atoms with Crippen molar-refractivity contribution in [2.24, 2.45) is 0 Å². The molecule has 3 rings (SSSR count). The molecule has 2 fully saturated rings. The lowest BCUT2D eigenvalue weighted by molar-refractivity contribution is -0.384. The summed E-state index contributed by atoms with van der Waals surface area (Å²) in [6, 6.07) is 5.33. The van der Waals surface area contributed by atoms with Crippen LogP contribution in [0.25, 0.3) is 0 Å². The summed E-state index contributed by atoms with van der Waals surface area (Å²) in [5, 5.41) is 24.2. The van der Waals surface area contributed by atoms with E-state index in [4.69, 9.17) is 0 Å². The van der Waals surface area contributed by atoms with Gasteiger partial charge in [0.2, 0.25) is 0 Å². The van der Waals surface area contributed by atoms with Gasteiger partial charge < -0.3 is 15.1 Å². The van der Waals surface area contributed by atoms with E-state index in [1.165, 1.54) is 6.07 Å². The molecule has 1 aromatic rings. The van der Waals surface area contributed by atoms with Crippen LogP contribution in [0.1, 0.15) is 29.9 Å². The van der Waals surface area contributed by atoms with Gasteiger partial charge in [-0.1, -0.05) is 0 Å². The number of anilines is 1. The molecule has 128 valence electrons. The first-order valence-electron chi connectivity index (χ1n) is 8.47. The van der Waals surface area contributed by atoms with Crippen molar-refractivity contribution in [2.75, 3.05) is 51.2 Å². The monoisotopic (exact) mass is 329 g/mol. The molecule has 2 saturated heterocycles. The number of rotatable bonds is 3. The third-order valence-electron chi connectivity index (χ3n) is 5.06. The predicted molar refractivity (Wildman–Crippen MR) is 92.4 cm³/mol. The molecule has 1 N–H and O–H groups in total. The fourth-order valence-corrected chi connectivity index (χ4v) is 3.71. The van der Waals surface area contributed by atoms with Gasteiger partial charge in [0.25, 0.3) is 5.69 Å². The number of nitriles is 1. The van der Waals surface area contributed by atoms with Crippen LogP contribution in [-0.2, 0) is 0 Å². The summed E-state index contributed by atoms with van der Waals surface area (Å²) >= 11 is 0. The smallest absolute Gasteiger partial charge is 0.272 e. The van der Waals surface area contributed by atoms with Crippen LogP contribution in [-0.4, -0.2) is 56.1 Å². The van der Waals surface area contributed by atoms with E-state index in [-0.39, 0.29) is 5.69 Å². The molecule has 0 aliphatic carbocycles. The van der Waals surface area contributed by atoms with Crippen LogP contribution in [0.15, 0.2) is 12.1 Å². The van der Waals surface area contributed by atoms with E-state index in [0.29, 0.717) is 11.5 Å². The number of hydrogen-bond acceptors (Lipinski definition) is 6. The predicted octanol–water partition coefficient (Wildman–Crippen LogP) is 1.69. The van der Waals surface area contributed by atoms with Gasteiger partial charge in [-0.25, -0.2) is 0 Å². The summed E-state index contributed by atoms with van der Waals surface area (Å²) in [4.78, 5) is 15.4. The van der Waals surface area contributed by atoms with Crippen LogP contribution in [0.2, 0.25) is 0 Å². The first kappa shape index (κ1) is 16.7. The Bertz CT molecular complexity index is 656. The Morgan fingerprint density at radius 2 is 1.92 bits per heavy atom. The zero-order valence-corrected chi connectivity index (χ0v) is 14.0. The van der Waals surface area contributed by atoms with Crippen molar-refractivity contribution in [3.8, 4) is 6.07 Å². The van der Waals surface area contributed by atoms with Gasteiger partial charge in [-0.15, -0.1) is 0 Å². The van der Waals surface area contributed by atoms with Gasteiger partial charge in [-0.05, 0) is 44.5 Å². The number of non-ortho nitro benzene ring substituents is 1. The van der Waals surface area contributed by atoms with Gasteiger partial charge >= 0.3 is 0 Å². The van der Waals surface area contributed by atoms with E-state index in [1.807, 2.05) is 0 Å². The van der Waals surface area contributed by atoms with Crippen LogP contribution in [0.3, 0.4) is 0 Å². The molecular weight excluding hydrogens is 306 g/mol. The highest BCUT2D eigenvalue weighted by Crippen LogP contribution is 2.39. The number of piperazine rings is 1. The minimum atomic E-state index is -0.398. The molecule has 7 heteroatoms. The van der Waals surface area contributed by atoms with Crippen molar-refractivity contribution < 1.29 is 4.92 Å². The van der Waals surface area contributed by atoms with Crippen molar-refractivity contribution in [2.45, 2.75) is 18.8 Å². The highest BCUT2D eigenvalue weighted by Gasteiger charge is 2.28. The number of nitrogens with one attached hydrogen (secondary N) is 1. The number of nitro groups is 1. The van der Waals surface area contributed by atoms with Crippen molar-refractivity contribution in [3.63, 3.8) is 0 Å². The van der Waals surface area contributed by atoms with Crippen LogP contribution in [0.4, 0.5) is 11.4 Å². The zero-order chi connectivity index (χ0) is 17.1. The lowest BCUT2D eigenvalue weighted by Gasteiger charge is -2.35. The van der Waals surface area contributed by atoms with E-state index in [0.717, 1.165) is 63.4 Å². The highest BCUT2D eigenvalue weighted by atomic mass is 16.6. The molecule has 0 bridgehead atoms. The van der Waals surface area contributed by atoms with Crippen LogP contribution in [0.5, 0.6) is 0 Å².